The SMILES string of the molecule is C[C@H](O)C(=O)N[C@H]1CC[C@H](NC(=O)c2c[nH]c3c(-c4ccccc4OCC4CC4)ncnc23)CC1. The van der Waals surface area contributed by atoms with E-state index in [0.29, 0.717) is 34.8 Å². The van der Waals surface area contributed by atoms with Gasteiger partial charge in [0.1, 0.15) is 29.4 Å². The Morgan fingerprint density at radius 2 is 1.80 bits per heavy atom. The van der Waals surface area contributed by atoms with E-state index in [1.165, 1.54) is 26.1 Å². The van der Waals surface area contributed by atoms with Gasteiger partial charge in [0.05, 0.1) is 17.7 Å². The van der Waals surface area contributed by atoms with Crippen molar-refractivity contribution >= 4 is 22.8 Å². The van der Waals surface area contributed by atoms with Crippen molar-refractivity contribution in [1.29, 1.82) is 0 Å². The highest BCUT2D eigenvalue weighted by Crippen LogP contribution is 2.35. The van der Waals surface area contributed by atoms with Crippen LogP contribution in [0.4, 0.5) is 0 Å². The van der Waals surface area contributed by atoms with Gasteiger partial charge in [-0.3, -0.25) is 9.59 Å². The van der Waals surface area contributed by atoms with Crippen LogP contribution < -0.4 is 15.4 Å². The fourth-order valence-electron chi connectivity index (χ4n) is 4.56. The smallest absolute Gasteiger partial charge is 0.255 e. The largest absolute Gasteiger partial charge is 0.493 e. The highest BCUT2D eigenvalue weighted by atomic mass is 16.5. The summed E-state index contributed by atoms with van der Waals surface area (Å²) in [6.07, 6.45) is 7.59. The summed E-state index contributed by atoms with van der Waals surface area (Å²) in [6.45, 7) is 2.16. The molecule has 2 aromatic heterocycles. The summed E-state index contributed by atoms with van der Waals surface area (Å²) in [5.74, 6) is 0.875. The van der Waals surface area contributed by atoms with Gasteiger partial charge in [-0.15, -0.1) is 0 Å². The van der Waals surface area contributed by atoms with E-state index in [9.17, 15) is 14.7 Å². The zero-order valence-corrected chi connectivity index (χ0v) is 19.8. The number of ether oxygens (including phenoxy) is 1. The van der Waals surface area contributed by atoms with Gasteiger partial charge < -0.3 is 25.5 Å². The highest BCUT2D eigenvalue weighted by Gasteiger charge is 2.27. The third kappa shape index (κ3) is 5.30. The molecule has 9 heteroatoms. The van der Waals surface area contributed by atoms with Crippen LogP contribution in [-0.4, -0.2) is 56.7 Å². The Kier molecular flexibility index (Phi) is 6.68. The van der Waals surface area contributed by atoms with E-state index >= 15 is 0 Å². The van der Waals surface area contributed by atoms with Crippen LogP contribution in [-0.2, 0) is 4.79 Å². The molecule has 2 saturated carbocycles. The summed E-state index contributed by atoms with van der Waals surface area (Å²) in [5.41, 5.74) is 3.32. The lowest BCUT2D eigenvalue weighted by molar-refractivity contribution is -0.129. The molecule has 9 nitrogen and oxygen atoms in total. The van der Waals surface area contributed by atoms with Crippen LogP contribution >= 0.6 is 0 Å². The fraction of sp³-hybridized carbons (Fsp3) is 0.462. The number of aliphatic hydroxyl groups is 1. The second-order valence-electron chi connectivity index (χ2n) is 9.61. The molecule has 5 rings (SSSR count). The van der Waals surface area contributed by atoms with Crippen LogP contribution in [0.15, 0.2) is 36.8 Å². The molecule has 0 unspecified atom stereocenters. The third-order valence-corrected chi connectivity index (χ3v) is 6.81. The summed E-state index contributed by atoms with van der Waals surface area (Å²) < 4.78 is 6.07. The summed E-state index contributed by atoms with van der Waals surface area (Å²) in [5, 5.41) is 15.4. The lowest BCUT2D eigenvalue weighted by atomic mass is 9.91. The Hall–Kier alpha value is -3.46. The number of hydrogen-bond acceptors (Lipinski definition) is 6. The zero-order valence-electron chi connectivity index (χ0n) is 19.8. The molecule has 35 heavy (non-hydrogen) atoms. The first-order valence-corrected chi connectivity index (χ1v) is 12.3. The first-order valence-electron chi connectivity index (χ1n) is 12.3. The van der Waals surface area contributed by atoms with Gasteiger partial charge in [0.15, 0.2) is 0 Å². The third-order valence-electron chi connectivity index (χ3n) is 6.81. The van der Waals surface area contributed by atoms with Gasteiger partial charge in [-0.25, -0.2) is 9.97 Å². The number of hydrogen-bond donors (Lipinski definition) is 4. The van der Waals surface area contributed by atoms with Crippen LogP contribution in [0.25, 0.3) is 22.3 Å². The molecule has 0 aliphatic heterocycles. The van der Waals surface area contributed by atoms with Crippen molar-refractivity contribution in [2.75, 3.05) is 6.61 Å². The van der Waals surface area contributed by atoms with Crippen LogP contribution in [0.1, 0.15) is 55.8 Å². The van der Waals surface area contributed by atoms with E-state index in [-0.39, 0.29) is 23.9 Å². The first-order chi connectivity index (χ1) is 17.0. The number of fused-ring (bicyclic) bond motifs is 1. The quantitative estimate of drug-likeness (QED) is 0.395. The van der Waals surface area contributed by atoms with Gasteiger partial charge in [-0.05, 0) is 63.5 Å². The highest BCUT2D eigenvalue weighted by molar-refractivity contribution is 6.07. The number of aromatic nitrogens is 3. The summed E-state index contributed by atoms with van der Waals surface area (Å²) in [4.78, 5) is 36.9. The maximum absolute atomic E-state index is 13.1. The molecule has 2 aliphatic rings. The van der Waals surface area contributed by atoms with E-state index in [0.717, 1.165) is 37.0 Å². The molecule has 2 amide bonds. The molecule has 184 valence electrons. The molecule has 1 atom stereocenters. The molecule has 0 bridgehead atoms. The molecule has 1 aromatic carbocycles. The molecular formula is C26H31N5O4. The Morgan fingerprint density at radius 1 is 1.09 bits per heavy atom. The lowest BCUT2D eigenvalue weighted by Gasteiger charge is -2.29. The Bertz CT molecular complexity index is 1210. The maximum Gasteiger partial charge on any atom is 0.255 e. The minimum Gasteiger partial charge on any atom is -0.493 e. The Labute approximate surface area is 203 Å². The van der Waals surface area contributed by atoms with E-state index in [1.54, 1.807) is 6.20 Å². The number of amides is 2. The number of para-hydroxylation sites is 1. The standard InChI is InChI=1S/C26H31N5O4/c1-15(32)25(33)30-17-8-10-18(11-9-17)31-26(34)20-12-27-24-22(28-14-29-23(20)24)19-4-2-3-5-21(19)35-13-16-6-7-16/h2-5,12,14-18,27,32H,6-11,13H2,1H3,(H,30,33)(H,31,34)/t15-,17-,18-/m0/s1. The van der Waals surface area contributed by atoms with Crippen molar-refractivity contribution in [2.45, 2.75) is 63.6 Å². The average molecular weight is 478 g/mol. The predicted octanol–water partition coefficient (Wildman–Crippen LogP) is 2.95. The van der Waals surface area contributed by atoms with Gasteiger partial charge in [0, 0.05) is 23.8 Å². The number of carbonyl (C=O) groups is 2. The number of H-pyrrole nitrogens is 1. The second kappa shape index (κ2) is 10.0. The Morgan fingerprint density at radius 3 is 2.51 bits per heavy atom. The van der Waals surface area contributed by atoms with Crippen LogP contribution in [0, 0.1) is 5.92 Å². The second-order valence-corrected chi connectivity index (χ2v) is 9.61. The normalized spacial score (nSPS) is 20.9. The van der Waals surface area contributed by atoms with Gasteiger partial charge in [-0.1, -0.05) is 12.1 Å². The predicted molar refractivity (Wildman–Crippen MR) is 131 cm³/mol. The molecule has 2 fully saturated rings. The van der Waals surface area contributed by atoms with E-state index in [1.807, 2.05) is 24.3 Å². The molecule has 3 aromatic rings. The monoisotopic (exact) mass is 477 g/mol. The molecule has 2 heterocycles. The molecule has 0 spiro atoms. The molecule has 4 N–H and O–H groups in total. The number of nitrogens with zero attached hydrogens (tertiary/aromatic N) is 2. The lowest BCUT2D eigenvalue weighted by Crippen LogP contribution is -2.45. The van der Waals surface area contributed by atoms with Gasteiger partial charge in [-0.2, -0.15) is 0 Å². The van der Waals surface area contributed by atoms with Crippen LogP contribution in [0.3, 0.4) is 0 Å². The van der Waals surface area contributed by atoms with Crippen molar-refractivity contribution in [2.24, 2.45) is 5.92 Å². The zero-order chi connectivity index (χ0) is 24.4. The maximum atomic E-state index is 13.1. The van der Waals surface area contributed by atoms with Crippen LogP contribution in [0.5, 0.6) is 5.75 Å². The first kappa shape index (κ1) is 23.3. The fourth-order valence-corrected chi connectivity index (χ4v) is 4.56. The number of carbonyl (C=O) groups excluding carboxylic acids is 2. The van der Waals surface area contributed by atoms with Crippen molar-refractivity contribution in [3.8, 4) is 17.0 Å². The van der Waals surface area contributed by atoms with Crippen molar-refractivity contribution < 1.29 is 19.4 Å². The Balaban J connectivity index is 1.28. The van der Waals surface area contributed by atoms with Gasteiger partial charge in [0.2, 0.25) is 5.91 Å². The van der Waals surface area contributed by atoms with E-state index < -0.39 is 6.10 Å². The topological polar surface area (TPSA) is 129 Å². The molecule has 0 radical (unpaired) electrons. The molecule has 2 aliphatic carbocycles. The number of aliphatic hydroxyl groups excluding tert-OH is 1. The number of aromatic amines is 1. The summed E-state index contributed by atoms with van der Waals surface area (Å²) in [7, 11) is 0. The number of rotatable bonds is 8. The number of nitrogens with one attached hydrogen (secondary N) is 3. The average Bonchev–Trinajstić information content (AvgIpc) is 3.59. The van der Waals surface area contributed by atoms with Crippen LogP contribution in [0.2, 0.25) is 0 Å². The van der Waals surface area contributed by atoms with Crippen molar-refractivity contribution in [3.63, 3.8) is 0 Å². The number of benzene rings is 1. The minimum atomic E-state index is -1.02. The minimum absolute atomic E-state index is 0.0185. The van der Waals surface area contributed by atoms with Crippen molar-refractivity contribution in [1.82, 2.24) is 25.6 Å². The molecular weight excluding hydrogens is 446 g/mol. The summed E-state index contributed by atoms with van der Waals surface area (Å²) >= 11 is 0. The molecule has 0 saturated heterocycles. The summed E-state index contributed by atoms with van der Waals surface area (Å²) in [6, 6.07) is 7.86. The van der Waals surface area contributed by atoms with Gasteiger partial charge >= 0.3 is 0 Å². The van der Waals surface area contributed by atoms with Crippen molar-refractivity contribution in [3.05, 3.63) is 42.4 Å². The van der Waals surface area contributed by atoms with E-state index in [4.69, 9.17) is 4.74 Å². The van der Waals surface area contributed by atoms with Gasteiger partial charge in [0.25, 0.3) is 5.91 Å². The van der Waals surface area contributed by atoms with E-state index in [2.05, 4.69) is 25.6 Å².